The number of Topliss-reactive ketones (excluding diaryl/α,β-unsaturated/α-hetero) is 1. The summed E-state index contributed by atoms with van der Waals surface area (Å²) in [6.45, 7) is 3.96. The van der Waals surface area contributed by atoms with Gasteiger partial charge in [0.05, 0.1) is 0 Å². The minimum absolute atomic E-state index is 0.161. The Labute approximate surface area is 119 Å². The quantitative estimate of drug-likeness (QED) is 0.207. The topological polar surface area (TPSA) is 68.5 Å². The summed E-state index contributed by atoms with van der Waals surface area (Å²) in [4.78, 5) is 15.2. The molecule has 1 atom stereocenters. The molecule has 8 heteroatoms. The Balaban J connectivity index is 4.53. The molecule has 0 aromatic carbocycles. The van der Waals surface area contributed by atoms with E-state index in [-0.39, 0.29) is 5.78 Å². The van der Waals surface area contributed by atoms with Crippen LogP contribution < -0.4 is 5.32 Å². The molecule has 0 saturated heterocycles. The molecule has 0 aliphatic carbocycles. The van der Waals surface area contributed by atoms with Crippen molar-refractivity contribution in [3.63, 3.8) is 0 Å². The van der Waals surface area contributed by atoms with Crippen LogP contribution in [0.2, 0.25) is 0 Å². The van der Waals surface area contributed by atoms with E-state index in [1.54, 1.807) is 17.5 Å². The van der Waals surface area contributed by atoms with E-state index in [9.17, 15) is 4.79 Å². The van der Waals surface area contributed by atoms with Gasteiger partial charge in [-0.05, 0) is 25.8 Å². The molecule has 0 fully saturated rings. The van der Waals surface area contributed by atoms with Crippen LogP contribution in [0.3, 0.4) is 0 Å². The highest BCUT2D eigenvalue weighted by Gasteiger charge is 2.30. The SMILES string of the molecule is CCN(SCC(Cl)(Br)C(C)=O)C(=NC)NC#N. The highest BCUT2D eigenvalue weighted by atomic mass is 79.9. The lowest BCUT2D eigenvalue weighted by Gasteiger charge is -2.24. The summed E-state index contributed by atoms with van der Waals surface area (Å²) in [6.07, 6.45) is 1.81. The molecule has 0 aromatic heterocycles. The number of halogens is 2. The first-order valence-corrected chi connectivity index (χ1v) is 6.91. The molecule has 0 radical (unpaired) electrons. The third-order valence-corrected chi connectivity index (χ3v) is 4.89. The van der Waals surface area contributed by atoms with E-state index in [4.69, 9.17) is 16.9 Å². The van der Waals surface area contributed by atoms with E-state index in [2.05, 4.69) is 26.2 Å². The number of ketones is 1. The third-order valence-electron chi connectivity index (χ3n) is 1.82. The number of guanidine groups is 1. The number of rotatable bonds is 5. The fourth-order valence-electron chi connectivity index (χ4n) is 0.843. The van der Waals surface area contributed by atoms with Crippen molar-refractivity contribution in [3.05, 3.63) is 0 Å². The maximum absolute atomic E-state index is 11.2. The number of hydrogen-bond acceptors (Lipinski definition) is 4. The molecule has 0 rings (SSSR count). The minimum Gasteiger partial charge on any atom is -0.297 e. The lowest BCUT2D eigenvalue weighted by atomic mass is 10.3. The summed E-state index contributed by atoms with van der Waals surface area (Å²) >= 11 is 10.5. The van der Waals surface area contributed by atoms with Crippen LogP contribution in [-0.4, -0.2) is 39.2 Å². The summed E-state index contributed by atoms with van der Waals surface area (Å²) < 4.78 is 0.668. The molecule has 0 saturated carbocycles. The smallest absolute Gasteiger partial charge is 0.217 e. The Morgan fingerprint density at radius 1 is 1.76 bits per heavy atom. The Morgan fingerprint density at radius 3 is 2.71 bits per heavy atom. The van der Waals surface area contributed by atoms with E-state index in [1.165, 1.54) is 18.9 Å². The lowest BCUT2D eigenvalue weighted by Crippen LogP contribution is -2.37. The van der Waals surface area contributed by atoms with Crippen LogP contribution in [0.1, 0.15) is 13.8 Å². The molecule has 96 valence electrons. The van der Waals surface area contributed by atoms with Gasteiger partial charge in [0.15, 0.2) is 15.8 Å². The van der Waals surface area contributed by atoms with Gasteiger partial charge in [-0.25, -0.2) is 0 Å². The fourth-order valence-corrected chi connectivity index (χ4v) is 2.25. The van der Waals surface area contributed by atoms with Crippen molar-refractivity contribution in [1.29, 1.82) is 5.26 Å². The molecule has 0 aliphatic rings. The number of alkyl halides is 2. The van der Waals surface area contributed by atoms with E-state index in [1.807, 2.05) is 6.92 Å². The second kappa shape index (κ2) is 7.80. The van der Waals surface area contributed by atoms with Crippen molar-refractivity contribution >= 4 is 51.2 Å². The summed E-state index contributed by atoms with van der Waals surface area (Å²) in [5.74, 6) is 0.610. The lowest BCUT2D eigenvalue weighted by molar-refractivity contribution is -0.116. The van der Waals surface area contributed by atoms with E-state index in [0.29, 0.717) is 18.3 Å². The third kappa shape index (κ3) is 5.61. The summed E-state index contributed by atoms with van der Waals surface area (Å²) in [6, 6.07) is 0. The number of hydrogen-bond donors (Lipinski definition) is 1. The van der Waals surface area contributed by atoms with Crippen LogP contribution >= 0.6 is 39.5 Å². The van der Waals surface area contributed by atoms with Crippen molar-refractivity contribution in [3.8, 4) is 6.19 Å². The molecule has 0 heterocycles. The average Bonchev–Trinajstić information content (AvgIpc) is 2.27. The number of nitriles is 1. The van der Waals surface area contributed by atoms with E-state index in [0.717, 1.165) is 0 Å². The van der Waals surface area contributed by atoms with Crippen LogP contribution in [0.5, 0.6) is 0 Å². The first-order valence-electron chi connectivity index (χ1n) is 4.80. The Hall–Kier alpha value is -0.450. The number of nitrogens with zero attached hydrogens (tertiary/aromatic N) is 3. The predicted molar refractivity (Wildman–Crippen MR) is 75.1 cm³/mol. The predicted octanol–water partition coefficient (Wildman–Crippen LogP) is 1.93. The molecule has 0 aliphatic heterocycles. The average molecular weight is 342 g/mol. The molecule has 1 N–H and O–H groups in total. The fraction of sp³-hybridized carbons (Fsp3) is 0.667. The van der Waals surface area contributed by atoms with Crippen molar-refractivity contribution in [2.45, 2.75) is 17.6 Å². The molecule has 17 heavy (non-hydrogen) atoms. The van der Waals surface area contributed by atoms with Gasteiger partial charge < -0.3 is 0 Å². The second-order valence-electron chi connectivity index (χ2n) is 3.01. The highest BCUT2D eigenvalue weighted by Crippen LogP contribution is 2.30. The number of aliphatic imine (C=N–C) groups is 1. The molecule has 0 spiro atoms. The summed E-state index contributed by atoms with van der Waals surface area (Å²) in [5.41, 5.74) is 0. The monoisotopic (exact) mass is 340 g/mol. The molecule has 1 unspecified atom stereocenters. The zero-order valence-electron chi connectivity index (χ0n) is 9.83. The Kier molecular flexibility index (Phi) is 7.59. The first kappa shape index (κ1) is 16.6. The van der Waals surface area contributed by atoms with Crippen LogP contribution in [-0.2, 0) is 4.79 Å². The van der Waals surface area contributed by atoms with Crippen molar-refractivity contribution in [1.82, 2.24) is 9.62 Å². The molecule has 0 amide bonds. The van der Waals surface area contributed by atoms with Gasteiger partial charge in [-0.1, -0.05) is 27.5 Å². The van der Waals surface area contributed by atoms with Gasteiger partial charge in [0.1, 0.15) is 0 Å². The number of carbonyl (C=O) groups excluding carboxylic acids is 1. The van der Waals surface area contributed by atoms with Crippen molar-refractivity contribution < 1.29 is 4.79 Å². The van der Waals surface area contributed by atoms with Gasteiger partial charge >= 0.3 is 0 Å². The maximum Gasteiger partial charge on any atom is 0.217 e. The summed E-state index contributed by atoms with van der Waals surface area (Å²) in [5, 5.41) is 11.0. The minimum atomic E-state index is -1.09. The molecule has 5 nitrogen and oxygen atoms in total. The van der Waals surface area contributed by atoms with Gasteiger partial charge in [-0.2, -0.15) is 5.26 Å². The van der Waals surface area contributed by atoms with Gasteiger partial charge in [-0.15, -0.1) is 0 Å². The van der Waals surface area contributed by atoms with Gasteiger partial charge in [0.2, 0.25) is 5.96 Å². The molecular weight excluding hydrogens is 328 g/mol. The first-order chi connectivity index (χ1) is 7.88. The number of carbonyl (C=O) groups is 1. The van der Waals surface area contributed by atoms with Crippen LogP contribution in [0, 0.1) is 11.5 Å². The van der Waals surface area contributed by atoms with Gasteiger partial charge in [0, 0.05) is 19.3 Å². The molecular formula is C9H14BrClN4OS. The van der Waals surface area contributed by atoms with Crippen LogP contribution in [0.25, 0.3) is 0 Å². The van der Waals surface area contributed by atoms with E-state index < -0.39 is 3.78 Å². The van der Waals surface area contributed by atoms with Gasteiger partial charge in [-0.3, -0.25) is 19.4 Å². The molecule has 0 aromatic rings. The maximum atomic E-state index is 11.2. The van der Waals surface area contributed by atoms with E-state index >= 15 is 0 Å². The van der Waals surface area contributed by atoms with Crippen LogP contribution in [0.15, 0.2) is 4.99 Å². The zero-order chi connectivity index (χ0) is 13.5. The standard InChI is InChI=1S/C9H14BrClN4OS/c1-4-15(8(13-3)14-6-12)17-5-9(10,11)7(2)16/h4-5H2,1-3H3,(H,13,14). The van der Waals surface area contributed by atoms with Crippen molar-refractivity contribution in [2.75, 3.05) is 19.3 Å². The number of nitrogens with one attached hydrogen (secondary N) is 1. The highest BCUT2D eigenvalue weighted by molar-refractivity contribution is 9.10. The molecule has 0 bridgehead atoms. The zero-order valence-corrected chi connectivity index (χ0v) is 13.0. The second-order valence-corrected chi connectivity index (χ2v) is 6.46. The van der Waals surface area contributed by atoms with Crippen molar-refractivity contribution in [2.24, 2.45) is 4.99 Å². The Morgan fingerprint density at radius 2 is 2.35 bits per heavy atom. The summed E-state index contributed by atoms with van der Waals surface area (Å²) in [7, 11) is 1.58. The Bertz CT molecular complexity index is 342. The van der Waals surface area contributed by atoms with Crippen LogP contribution in [0.4, 0.5) is 0 Å². The van der Waals surface area contributed by atoms with Gasteiger partial charge in [0.25, 0.3) is 0 Å². The largest absolute Gasteiger partial charge is 0.297 e. The normalized spacial score (nSPS) is 14.7.